The molecule has 0 fully saturated rings. The average molecular weight is 485 g/mol. The molecule has 5 N–H and O–H groups in total. The normalized spacial score (nSPS) is 11.7. The van der Waals surface area contributed by atoms with E-state index in [1.165, 1.54) is 5.56 Å². The average Bonchev–Trinajstić information content (AvgIpc) is 2.89. The summed E-state index contributed by atoms with van der Waals surface area (Å²) in [5.41, 5.74) is 5.32. The van der Waals surface area contributed by atoms with Crippen molar-refractivity contribution >= 4 is 11.4 Å². The smallest absolute Gasteiger partial charge is 0.119 e. The lowest BCUT2D eigenvalue weighted by atomic mass is 9.95. The van der Waals surface area contributed by atoms with Crippen LogP contribution in [0.25, 0.3) is 11.1 Å². The molecule has 0 bridgehead atoms. The summed E-state index contributed by atoms with van der Waals surface area (Å²) in [7, 11) is 0. The molecule has 6 nitrogen and oxygen atoms in total. The summed E-state index contributed by atoms with van der Waals surface area (Å²) in [6, 6.07) is 27.9. The van der Waals surface area contributed by atoms with Gasteiger partial charge in [0.2, 0.25) is 0 Å². The number of hydrogen-bond donors (Lipinski definition) is 5. The summed E-state index contributed by atoms with van der Waals surface area (Å²) in [6.45, 7) is 3.70. The second kappa shape index (κ2) is 12.1. The summed E-state index contributed by atoms with van der Waals surface area (Å²) >= 11 is 0. The van der Waals surface area contributed by atoms with Crippen molar-refractivity contribution < 1.29 is 20.1 Å². The largest absolute Gasteiger partial charge is 0.508 e. The molecule has 6 heteroatoms. The minimum Gasteiger partial charge on any atom is -0.508 e. The highest BCUT2D eigenvalue weighted by Gasteiger charge is 2.15. The maximum Gasteiger partial charge on any atom is 0.119 e. The molecular weight excluding hydrogens is 452 g/mol. The van der Waals surface area contributed by atoms with Crippen LogP contribution < -0.4 is 15.4 Å². The minimum atomic E-state index is -0.761. The van der Waals surface area contributed by atoms with E-state index in [4.69, 9.17) is 4.74 Å². The molecule has 0 aliphatic heterocycles. The third-order valence-corrected chi connectivity index (χ3v) is 5.89. The molecular formula is C30H32N2O4. The number of rotatable bonds is 11. The first-order chi connectivity index (χ1) is 17.5. The Kier molecular flexibility index (Phi) is 8.44. The Bertz CT molecular complexity index is 1260. The number of hydrogen-bond acceptors (Lipinski definition) is 6. The third kappa shape index (κ3) is 6.78. The van der Waals surface area contributed by atoms with Crippen LogP contribution in [-0.4, -0.2) is 35.0 Å². The highest BCUT2D eigenvalue weighted by atomic mass is 16.5. The maximum absolute atomic E-state index is 10.8. The zero-order valence-corrected chi connectivity index (χ0v) is 20.3. The monoisotopic (exact) mass is 484 g/mol. The van der Waals surface area contributed by atoms with Crippen LogP contribution in [0.4, 0.5) is 11.4 Å². The molecule has 0 radical (unpaired) electrons. The fraction of sp³-hybridized carbons (Fsp3) is 0.200. The topological polar surface area (TPSA) is 94.0 Å². The molecule has 0 saturated heterocycles. The van der Waals surface area contributed by atoms with Gasteiger partial charge in [-0.2, -0.15) is 0 Å². The standard InChI is InChI=1S/C30H32N2O4/c1-2-36-27-13-10-24(11-14-27)32-23-8-6-21(7-9-23)16-17-31-20-30(35)28-15-12-26(34)19-29(28)22-4-3-5-25(33)18-22/h3-15,18-19,30-35H,2,16-17,20H2,1H3/t30-/m0/s1. The van der Waals surface area contributed by atoms with Gasteiger partial charge in [-0.1, -0.05) is 30.3 Å². The first-order valence-electron chi connectivity index (χ1n) is 12.1. The second-order valence-electron chi connectivity index (χ2n) is 8.57. The van der Waals surface area contributed by atoms with Gasteiger partial charge in [0.1, 0.15) is 17.2 Å². The van der Waals surface area contributed by atoms with E-state index in [9.17, 15) is 15.3 Å². The molecule has 4 aromatic carbocycles. The van der Waals surface area contributed by atoms with Crippen LogP contribution in [0.1, 0.15) is 24.2 Å². The number of ether oxygens (including phenoxy) is 1. The van der Waals surface area contributed by atoms with Crippen LogP contribution in [0.5, 0.6) is 17.2 Å². The molecule has 4 aromatic rings. The van der Waals surface area contributed by atoms with Crippen LogP contribution in [0.15, 0.2) is 91.0 Å². The van der Waals surface area contributed by atoms with E-state index < -0.39 is 6.10 Å². The van der Waals surface area contributed by atoms with Gasteiger partial charge in [-0.3, -0.25) is 0 Å². The van der Waals surface area contributed by atoms with Gasteiger partial charge >= 0.3 is 0 Å². The summed E-state index contributed by atoms with van der Waals surface area (Å²) in [5, 5.41) is 37.3. The van der Waals surface area contributed by atoms with E-state index >= 15 is 0 Å². The van der Waals surface area contributed by atoms with Crippen molar-refractivity contribution in [2.45, 2.75) is 19.4 Å². The van der Waals surface area contributed by atoms with Crippen molar-refractivity contribution in [2.24, 2.45) is 0 Å². The van der Waals surface area contributed by atoms with Gasteiger partial charge < -0.3 is 30.7 Å². The van der Waals surface area contributed by atoms with Crippen LogP contribution in [0.2, 0.25) is 0 Å². The predicted octanol–water partition coefficient (Wildman–Crippen LogP) is 5.77. The molecule has 0 spiro atoms. The Hall–Kier alpha value is -4.00. The van der Waals surface area contributed by atoms with Crippen LogP contribution in [0.3, 0.4) is 0 Å². The summed E-state index contributed by atoms with van der Waals surface area (Å²) < 4.78 is 5.48. The van der Waals surface area contributed by atoms with Gasteiger partial charge in [0.05, 0.1) is 12.7 Å². The SMILES string of the molecule is CCOc1ccc(Nc2ccc(CCNC[C@H](O)c3ccc(O)cc3-c3cccc(O)c3)cc2)cc1. The fourth-order valence-corrected chi connectivity index (χ4v) is 4.06. The zero-order chi connectivity index (χ0) is 25.3. The van der Waals surface area contributed by atoms with Crippen molar-refractivity contribution in [1.29, 1.82) is 0 Å². The number of aromatic hydroxyl groups is 2. The summed E-state index contributed by atoms with van der Waals surface area (Å²) in [4.78, 5) is 0. The van der Waals surface area contributed by atoms with Crippen molar-refractivity contribution in [3.63, 3.8) is 0 Å². The van der Waals surface area contributed by atoms with E-state index in [1.54, 1.807) is 36.4 Å². The molecule has 0 unspecified atom stereocenters. The molecule has 0 aliphatic rings. The van der Waals surface area contributed by atoms with E-state index in [0.29, 0.717) is 30.8 Å². The highest BCUT2D eigenvalue weighted by Crippen LogP contribution is 2.33. The van der Waals surface area contributed by atoms with E-state index in [-0.39, 0.29) is 11.5 Å². The lowest BCUT2D eigenvalue weighted by molar-refractivity contribution is 0.175. The molecule has 0 amide bonds. The first-order valence-corrected chi connectivity index (χ1v) is 12.1. The minimum absolute atomic E-state index is 0.109. The van der Waals surface area contributed by atoms with Crippen molar-refractivity contribution in [3.05, 3.63) is 102 Å². The number of aliphatic hydroxyl groups is 1. The van der Waals surface area contributed by atoms with Crippen molar-refractivity contribution in [1.82, 2.24) is 5.32 Å². The molecule has 0 heterocycles. The van der Waals surface area contributed by atoms with Gasteiger partial charge in [-0.05, 0) is 103 Å². The number of nitrogens with one attached hydrogen (secondary N) is 2. The van der Waals surface area contributed by atoms with Gasteiger partial charge in [-0.15, -0.1) is 0 Å². The van der Waals surface area contributed by atoms with Gasteiger partial charge in [0.25, 0.3) is 0 Å². The van der Waals surface area contributed by atoms with Crippen LogP contribution in [-0.2, 0) is 6.42 Å². The Morgan fingerprint density at radius 1 is 0.806 bits per heavy atom. The quantitative estimate of drug-likeness (QED) is 0.174. The summed E-state index contributed by atoms with van der Waals surface area (Å²) in [6.07, 6.45) is 0.0639. The molecule has 186 valence electrons. The van der Waals surface area contributed by atoms with Gasteiger partial charge in [-0.25, -0.2) is 0 Å². The van der Waals surface area contributed by atoms with E-state index in [0.717, 1.165) is 29.1 Å². The van der Waals surface area contributed by atoms with Crippen LogP contribution in [0, 0.1) is 0 Å². The molecule has 4 rings (SSSR count). The van der Waals surface area contributed by atoms with E-state index in [2.05, 4.69) is 34.9 Å². The number of phenols is 2. The summed E-state index contributed by atoms with van der Waals surface area (Å²) in [5.74, 6) is 1.10. The lowest BCUT2D eigenvalue weighted by Crippen LogP contribution is -2.24. The second-order valence-corrected chi connectivity index (χ2v) is 8.57. The van der Waals surface area contributed by atoms with Gasteiger partial charge in [0, 0.05) is 17.9 Å². The molecule has 0 saturated carbocycles. The Labute approximate surface area is 211 Å². The maximum atomic E-state index is 10.8. The Morgan fingerprint density at radius 3 is 2.19 bits per heavy atom. The molecule has 0 aromatic heterocycles. The molecule has 36 heavy (non-hydrogen) atoms. The molecule has 0 aliphatic carbocycles. The van der Waals surface area contributed by atoms with Crippen LogP contribution >= 0.6 is 0 Å². The predicted molar refractivity (Wildman–Crippen MR) is 144 cm³/mol. The van der Waals surface area contributed by atoms with Gasteiger partial charge in [0.15, 0.2) is 0 Å². The number of anilines is 2. The Balaban J connectivity index is 1.28. The molecule has 1 atom stereocenters. The first kappa shape index (κ1) is 25.1. The van der Waals surface area contributed by atoms with Crippen molar-refractivity contribution in [2.75, 3.05) is 25.0 Å². The number of phenolic OH excluding ortho intramolecular Hbond substituents is 2. The third-order valence-electron chi connectivity index (χ3n) is 5.89. The number of aliphatic hydroxyl groups excluding tert-OH is 1. The Morgan fingerprint density at radius 2 is 1.50 bits per heavy atom. The zero-order valence-electron chi connectivity index (χ0n) is 20.3. The van der Waals surface area contributed by atoms with E-state index in [1.807, 2.05) is 37.3 Å². The van der Waals surface area contributed by atoms with Crippen molar-refractivity contribution in [3.8, 4) is 28.4 Å². The fourth-order valence-electron chi connectivity index (χ4n) is 4.06. The lowest BCUT2D eigenvalue weighted by Gasteiger charge is -2.17. The highest BCUT2D eigenvalue weighted by molar-refractivity contribution is 5.70. The number of benzene rings is 4.